The summed E-state index contributed by atoms with van der Waals surface area (Å²) in [5, 5.41) is 24.5. The number of alkyl halides is 1. The third-order valence-corrected chi connectivity index (χ3v) is 18.9. The summed E-state index contributed by atoms with van der Waals surface area (Å²) in [5.74, 6) is 2.45. The Bertz CT molecular complexity index is 2340. The van der Waals surface area contributed by atoms with Gasteiger partial charge in [-0.1, -0.05) is 96.0 Å². The number of halogens is 3. The fraction of sp³-hybridized carbons (Fsp3) is 0.457. The molecule has 0 saturated carbocycles. The predicted molar refractivity (Wildman–Crippen MR) is 227 cm³/mol. The molecule has 2 aliphatic heterocycles. The monoisotopic (exact) mass is 809 g/mol. The lowest BCUT2D eigenvalue weighted by Crippen LogP contribution is -2.43. The van der Waals surface area contributed by atoms with Gasteiger partial charge in [0.2, 0.25) is 0 Å². The molecular formula is C46H54F3N5O3Si. The summed E-state index contributed by atoms with van der Waals surface area (Å²) < 4.78 is 54.1. The first-order valence-electron chi connectivity index (χ1n) is 20.5. The zero-order valence-corrected chi connectivity index (χ0v) is 35.2. The highest BCUT2D eigenvalue weighted by Crippen LogP contribution is 2.43. The van der Waals surface area contributed by atoms with Gasteiger partial charge in [0.15, 0.2) is 5.82 Å². The third-order valence-electron chi connectivity index (χ3n) is 12.6. The maximum Gasteiger partial charge on any atom is 0.317 e. The second-order valence-electron chi connectivity index (χ2n) is 17.0. The largest absolute Gasteiger partial charge is 0.461 e. The summed E-state index contributed by atoms with van der Waals surface area (Å²) in [6, 6.07) is 15.8. The van der Waals surface area contributed by atoms with Gasteiger partial charge in [-0.3, -0.25) is 4.90 Å². The van der Waals surface area contributed by atoms with E-state index in [9.17, 15) is 14.6 Å². The van der Waals surface area contributed by atoms with Crippen LogP contribution in [0.25, 0.3) is 32.9 Å². The molecule has 0 spiro atoms. The molecule has 12 heteroatoms. The molecule has 58 heavy (non-hydrogen) atoms. The molecule has 0 radical (unpaired) electrons. The van der Waals surface area contributed by atoms with E-state index in [0.717, 1.165) is 24.9 Å². The van der Waals surface area contributed by atoms with Crippen molar-refractivity contribution in [2.45, 2.75) is 102 Å². The number of anilines is 1. The minimum Gasteiger partial charge on any atom is -0.461 e. The number of ether oxygens (including phenoxy) is 1. The third kappa shape index (κ3) is 7.82. The number of hydrogen-bond acceptors (Lipinski definition) is 8. The highest BCUT2D eigenvalue weighted by molar-refractivity contribution is 6.90. The van der Waals surface area contributed by atoms with E-state index in [1.54, 1.807) is 24.3 Å². The lowest BCUT2D eigenvalue weighted by molar-refractivity contribution is 0.0955. The van der Waals surface area contributed by atoms with Gasteiger partial charge in [0.05, 0.1) is 23.1 Å². The minimum atomic E-state index is -2.27. The zero-order valence-electron chi connectivity index (χ0n) is 34.2. The summed E-state index contributed by atoms with van der Waals surface area (Å²) in [4.78, 5) is 16.1. The zero-order chi connectivity index (χ0) is 41.4. The molecule has 0 amide bonds. The Labute approximate surface area is 340 Å². The van der Waals surface area contributed by atoms with Crippen molar-refractivity contribution in [3.8, 4) is 28.7 Å². The van der Waals surface area contributed by atoms with Crippen molar-refractivity contribution in [2.75, 3.05) is 38.2 Å². The van der Waals surface area contributed by atoms with E-state index in [4.69, 9.17) is 9.72 Å². The van der Waals surface area contributed by atoms with Crippen LogP contribution >= 0.6 is 0 Å². The van der Waals surface area contributed by atoms with Crippen molar-refractivity contribution in [1.29, 1.82) is 0 Å². The molecule has 4 heterocycles. The molecule has 3 atom stereocenters. The Kier molecular flexibility index (Phi) is 12.2. The Morgan fingerprint density at radius 1 is 1.02 bits per heavy atom. The van der Waals surface area contributed by atoms with Gasteiger partial charge in [-0.2, -0.15) is 4.98 Å². The number of aromatic nitrogens is 3. The lowest BCUT2D eigenvalue weighted by atomic mass is 9.95. The van der Waals surface area contributed by atoms with Gasteiger partial charge in [0.25, 0.3) is 0 Å². The minimum absolute atomic E-state index is 0.0204. The average molecular weight is 810 g/mol. The van der Waals surface area contributed by atoms with E-state index in [0.29, 0.717) is 75.7 Å². The molecule has 7 rings (SSSR count). The second-order valence-corrected chi connectivity index (χ2v) is 22.6. The molecule has 3 aromatic carbocycles. The molecular weight excluding hydrogens is 756 g/mol. The molecule has 2 aromatic heterocycles. The molecule has 5 aromatic rings. The Morgan fingerprint density at radius 2 is 1.78 bits per heavy atom. The number of pyridine rings is 1. The van der Waals surface area contributed by atoms with Crippen molar-refractivity contribution in [1.82, 2.24) is 19.9 Å². The first kappa shape index (κ1) is 41.6. The van der Waals surface area contributed by atoms with E-state index in [-0.39, 0.29) is 29.4 Å². The van der Waals surface area contributed by atoms with Gasteiger partial charge in [0, 0.05) is 36.7 Å². The average Bonchev–Trinajstić information content (AvgIpc) is 3.73. The standard InChI is InChI=1S/C46H54F3N5O3Si/c1-28(2)58(29(3)4,30(5)6)21-17-35-38(48)15-14-32-11-8-13-36(40(32)35)42-41(49)43-37(44(52-42)50-19-16-31-10-7-12-33(22-31)39(56)26-55)24-51-45(53-43)57-27-46-18-9-20-54(46)25-34(47)23-46/h7-8,10-15,22,24,28-30,34,39,55-56H,9,16,18-20,23,25-27H2,1-6H3,(H,50,52)/t34-,39?,46+/m1/s1. The highest BCUT2D eigenvalue weighted by Gasteiger charge is 2.49. The lowest BCUT2D eigenvalue weighted by Gasteiger charge is -2.38. The van der Waals surface area contributed by atoms with Crippen LogP contribution in [0.5, 0.6) is 6.01 Å². The van der Waals surface area contributed by atoms with Crippen LogP contribution in [0.15, 0.2) is 60.8 Å². The normalized spacial score (nSPS) is 19.0. The van der Waals surface area contributed by atoms with Crippen LogP contribution in [0.1, 0.15) is 83.6 Å². The Hall–Kier alpha value is -4.54. The summed E-state index contributed by atoms with van der Waals surface area (Å²) in [5.41, 5.74) is 6.26. The number of nitrogens with zero attached hydrogens (tertiary/aromatic N) is 4. The van der Waals surface area contributed by atoms with Crippen molar-refractivity contribution in [3.63, 3.8) is 0 Å². The van der Waals surface area contributed by atoms with Gasteiger partial charge in [0.1, 0.15) is 49.8 Å². The fourth-order valence-corrected chi connectivity index (χ4v) is 14.9. The summed E-state index contributed by atoms with van der Waals surface area (Å²) in [6.07, 6.45) is 2.22. The van der Waals surface area contributed by atoms with Gasteiger partial charge >= 0.3 is 6.01 Å². The van der Waals surface area contributed by atoms with Crippen molar-refractivity contribution < 1.29 is 28.1 Å². The van der Waals surface area contributed by atoms with Gasteiger partial charge < -0.3 is 20.3 Å². The van der Waals surface area contributed by atoms with Crippen LogP contribution < -0.4 is 10.1 Å². The second kappa shape index (κ2) is 17.0. The number of rotatable bonds is 13. The first-order valence-corrected chi connectivity index (χ1v) is 22.8. The summed E-state index contributed by atoms with van der Waals surface area (Å²) >= 11 is 0. The molecule has 1 unspecified atom stereocenters. The Morgan fingerprint density at radius 3 is 2.52 bits per heavy atom. The summed E-state index contributed by atoms with van der Waals surface area (Å²) in [6.45, 7) is 14.6. The van der Waals surface area contributed by atoms with E-state index >= 15 is 8.78 Å². The van der Waals surface area contributed by atoms with Crippen LogP contribution in [-0.4, -0.2) is 82.7 Å². The SMILES string of the molecule is CC(C)[Si](C#Cc1c(F)ccc2cccc(-c3nc(NCCc4cccc(C(O)CO)c4)c4cnc(OC[C@@]56CCCN5C[C@H](F)C6)nc4c3F)c12)(C(C)C)C(C)C. The number of aliphatic hydroxyl groups excluding tert-OH is 2. The fourth-order valence-electron chi connectivity index (χ4n) is 9.73. The molecule has 2 aliphatic rings. The number of hydrogen-bond donors (Lipinski definition) is 3. The maximum absolute atomic E-state index is 17.3. The van der Waals surface area contributed by atoms with Gasteiger partial charge in [-0.05, 0) is 65.0 Å². The molecule has 0 bridgehead atoms. The van der Waals surface area contributed by atoms with E-state index in [2.05, 4.69) is 73.2 Å². The van der Waals surface area contributed by atoms with Crippen molar-refractivity contribution in [2.24, 2.45) is 0 Å². The number of fused-ring (bicyclic) bond motifs is 3. The number of aliphatic hydroxyl groups is 2. The molecule has 0 aliphatic carbocycles. The van der Waals surface area contributed by atoms with Crippen LogP contribution in [0.2, 0.25) is 16.6 Å². The molecule has 2 saturated heterocycles. The summed E-state index contributed by atoms with van der Waals surface area (Å²) in [7, 11) is -2.27. The smallest absolute Gasteiger partial charge is 0.317 e. The Balaban J connectivity index is 1.34. The van der Waals surface area contributed by atoms with E-state index < -0.39 is 44.1 Å². The molecule has 2 fully saturated rings. The topological polar surface area (TPSA) is 104 Å². The first-order chi connectivity index (χ1) is 27.8. The highest BCUT2D eigenvalue weighted by atomic mass is 28.3. The number of nitrogens with one attached hydrogen (secondary N) is 1. The van der Waals surface area contributed by atoms with E-state index in [1.165, 1.54) is 12.3 Å². The van der Waals surface area contributed by atoms with Crippen molar-refractivity contribution >= 4 is 35.6 Å². The van der Waals surface area contributed by atoms with Crippen LogP contribution in [0.4, 0.5) is 19.0 Å². The van der Waals surface area contributed by atoms with Crippen LogP contribution in [0, 0.1) is 23.1 Å². The van der Waals surface area contributed by atoms with E-state index in [1.807, 2.05) is 24.3 Å². The predicted octanol–water partition coefficient (Wildman–Crippen LogP) is 9.33. The van der Waals surface area contributed by atoms with Crippen molar-refractivity contribution in [3.05, 3.63) is 89.1 Å². The molecule has 8 nitrogen and oxygen atoms in total. The van der Waals surface area contributed by atoms with Gasteiger partial charge in [-0.15, -0.1) is 5.54 Å². The van der Waals surface area contributed by atoms with Gasteiger partial charge in [-0.25, -0.2) is 23.1 Å². The molecule has 306 valence electrons. The quantitative estimate of drug-likeness (QED) is 0.0800. The maximum atomic E-state index is 17.3. The molecule has 3 N–H and O–H groups in total. The van der Waals surface area contributed by atoms with Crippen LogP contribution in [0.3, 0.4) is 0 Å². The van der Waals surface area contributed by atoms with Crippen LogP contribution in [-0.2, 0) is 6.42 Å². The number of benzene rings is 3.